The molecule has 0 bridgehead atoms. The fraction of sp³-hybridized carbons (Fsp3) is 0.357. The van der Waals surface area contributed by atoms with Gasteiger partial charge in [0.25, 0.3) is 0 Å². The minimum absolute atomic E-state index is 0.967. The largest absolute Gasteiger partial charge is 0.302 e. The maximum absolute atomic E-state index is 4.60. The van der Waals surface area contributed by atoms with Gasteiger partial charge < -0.3 is 4.90 Å². The normalized spacial score (nSPS) is 17.0. The molecule has 0 unspecified atom stereocenters. The van der Waals surface area contributed by atoms with E-state index in [0.717, 1.165) is 30.9 Å². The SMILES string of the molecule is C=Cc1cc(C)cc(C2=CCN(C)CC2)n1. The lowest BCUT2D eigenvalue weighted by atomic mass is 10.0. The van der Waals surface area contributed by atoms with Crippen LogP contribution in [-0.2, 0) is 0 Å². The van der Waals surface area contributed by atoms with Crippen molar-refractivity contribution in [3.05, 3.63) is 41.7 Å². The first-order chi connectivity index (χ1) is 7.69. The van der Waals surface area contributed by atoms with Gasteiger partial charge in [-0.05, 0) is 49.7 Å². The van der Waals surface area contributed by atoms with Crippen LogP contribution in [0.2, 0.25) is 0 Å². The molecule has 2 rings (SSSR count). The van der Waals surface area contributed by atoms with Crippen molar-refractivity contribution in [2.45, 2.75) is 13.3 Å². The monoisotopic (exact) mass is 214 g/mol. The van der Waals surface area contributed by atoms with E-state index in [9.17, 15) is 0 Å². The van der Waals surface area contributed by atoms with Gasteiger partial charge in [0.05, 0.1) is 11.4 Å². The van der Waals surface area contributed by atoms with Crippen LogP contribution in [0.5, 0.6) is 0 Å². The Kier molecular flexibility index (Phi) is 3.20. The maximum Gasteiger partial charge on any atom is 0.0669 e. The Bertz CT molecular complexity index is 432. The minimum atomic E-state index is 0.967. The first-order valence-electron chi connectivity index (χ1n) is 5.68. The highest BCUT2D eigenvalue weighted by atomic mass is 15.1. The summed E-state index contributed by atoms with van der Waals surface area (Å²) < 4.78 is 0. The minimum Gasteiger partial charge on any atom is -0.302 e. The lowest BCUT2D eigenvalue weighted by molar-refractivity contribution is 0.369. The molecule has 2 heteroatoms. The summed E-state index contributed by atoms with van der Waals surface area (Å²) in [6, 6.07) is 4.22. The van der Waals surface area contributed by atoms with Crippen LogP contribution >= 0.6 is 0 Å². The molecular weight excluding hydrogens is 196 g/mol. The van der Waals surface area contributed by atoms with Gasteiger partial charge in [-0.25, -0.2) is 4.98 Å². The smallest absolute Gasteiger partial charge is 0.0669 e. The fourth-order valence-corrected chi connectivity index (χ4v) is 1.97. The third-order valence-electron chi connectivity index (χ3n) is 2.94. The molecule has 0 radical (unpaired) electrons. The first-order valence-corrected chi connectivity index (χ1v) is 5.68. The van der Waals surface area contributed by atoms with Gasteiger partial charge in [-0.3, -0.25) is 0 Å². The Morgan fingerprint density at radius 1 is 1.44 bits per heavy atom. The van der Waals surface area contributed by atoms with E-state index in [4.69, 9.17) is 0 Å². The number of likely N-dealkylation sites (N-methyl/N-ethyl adjacent to an activating group) is 1. The molecular formula is C14H18N2. The Morgan fingerprint density at radius 2 is 2.25 bits per heavy atom. The Labute approximate surface area is 97.3 Å². The van der Waals surface area contributed by atoms with Crippen LogP contribution in [-0.4, -0.2) is 30.0 Å². The fourth-order valence-electron chi connectivity index (χ4n) is 1.97. The molecule has 84 valence electrons. The van der Waals surface area contributed by atoms with Gasteiger partial charge in [0.2, 0.25) is 0 Å². The molecule has 0 fully saturated rings. The molecule has 0 amide bonds. The van der Waals surface area contributed by atoms with Gasteiger partial charge in [-0.15, -0.1) is 0 Å². The van der Waals surface area contributed by atoms with Crippen LogP contribution in [0, 0.1) is 6.92 Å². The number of pyridine rings is 1. The van der Waals surface area contributed by atoms with E-state index in [1.54, 1.807) is 0 Å². The van der Waals surface area contributed by atoms with Crippen molar-refractivity contribution < 1.29 is 0 Å². The van der Waals surface area contributed by atoms with Crippen molar-refractivity contribution in [3.63, 3.8) is 0 Å². The predicted octanol–water partition coefficient (Wildman–Crippen LogP) is 2.75. The Morgan fingerprint density at radius 3 is 2.88 bits per heavy atom. The number of rotatable bonds is 2. The summed E-state index contributed by atoms with van der Waals surface area (Å²) in [7, 11) is 2.14. The first kappa shape index (κ1) is 11.1. The van der Waals surface area contributed by atoms with E-state index < -0.39 is 0 Å². The number of aryl methyl sites for hydroxylation is 1. The highest BCUT2D eigenvalue weighted by Gasteiger charge is 2.11. The number of nitrogens with zero attached hydrogens (tertiary/aromatic N) is 2. The number of aromatic nitrogens is 1. The molecule has 1 aliphatic heterocycles. The van der Waals surface area contributed by atoms with Crippen molar-refractivity contribution in [2.75, 3.05) is 20.1 Å². The summed E-state index contributed by atoms with van der Waals surface area (Å²) >= 11 is 0. The van der Waals surface area contributed by atoms with Gasteiger partial charge in [0.1, 0.15) is 0 Å². The van der Waals surface area contributed by atoms with Gasteiger partial charge >= 0.3 is 0 Å². The van der Waals surface area contributed by atoms with Crippen LogP contribution in [0.4, 0.5) is 0 Å². The molecule has 0 aromatic carbocycles. The molecule has 0 spiro atoms. The highest BCUT2D eigenvalue weighted by Crippen LogP contribution is 2.21. The van der Waals surface area contributed by atoms with E-state index in [0.29, 0.717) is 0 Å². The molecule has 2 heterocycles. The Hall–Kier alpha value is -1.41. The maximum atomic E-state index is 4.60. The molecule has 1 aromatic rings. The van der Waals surface area contributed by atoms with Gasteiger partial charge in [0.15, 0.2) is 0 Å². The van der Waals surface area contributed by atoms with Gasteiger partial charge in [-0.1, -0.05) is 12.7 Å². The molecule has 2 nitrogen and oxygen atoms in total. The molecule has 0 atom stereocenters. The van der Waals surface area contributed by atoms with Crippen molar-refractivity contribution >= 4 is 11.6 Å². The zero-order valence-corrected chi connectivity index (χ0v) is 10.0. The molecule has 0 N–H and O–H groups in total. The third kappa shape index (κ3) is 2.39. The zero-order chi connectivity index (χ0) is 11.5. The summed E-state index contributed by atoms with van der Waals surface area (Å²) in [5.74, 6) is 0. The van der Waals surface area contributed by atoms with E-state index in [1.807, 2.05) is 6.08 Å². The van der Waals surface area contributed by atoms with E-state index in [-0.39, 0.29) is 0 Å². The lowest BCUT2D eigenvalue weighted by Gasteiger charge is -2.21. The van der Waals surface area contributed by atoms with Crippen LogP contribution in [0.3, 0.4) is 0 Å². The van der Waals surface area contributed by atoms with Crippen molar-refractivity contribution in [1.82, 2.24) is 9.88 Å². The average Bonchev–Trinajstić information content (AvgIpc) is 2.29. The molecule has 0 saturated heterocycles. The van der Waals surface area contributed by atoms with Gasteiger partial charge in [0, 0.05) is 13.1 Å². The zero-order valence-electron chi connectivity index (χ0n) is 10.0. The summed E-state index contributed by atoms with van der Waals surface area (Å²) in [6.07, 6.45) is 5.17. The summed E-state index contributed by atoms with van der Waals surface area (Å²) in [5, 5.41) is 0. The average molecular weight is 214 g/mol. The molecule has 0 saturated carbocycles. The Balaban J connectivity index is 2.33. The van der Waals surface area contributed by atoms with Gasteiger partial charge in [-0.2, -0.15) is 0 Å². The topological polar surface area (TPSA) is 16.1 Å². The van der Waals surface area contributed by atoms with Crippen molar-refractivity contribution in [2.24, 2.45) is 0 Å². The summed E-state index contributed by atoms with van der Waals surface area (Å²) in [5.41, 5.74) is 4.70. The molecule has 1 aromatic heterocycles. The standard InChI is InChI=1S/C14H18N2/c1-4-13-9-11(2)10-14(15-13)12-5-7-16(3)8-6-12/h4-5,9-10H,1,6-8H2,2-3H3. The van der Waals surface area contributed by atoms with Crippen LogP contribution < -0.4 is 0 Å². The second-order valence-electron chi connectivity index (χ2n) is 4.40. The molecule has 1 aliphatic rings. The summed E-state index contributed by atoms with van der Waals surface area (Å²) in [6.45, 7) is 8.02. The highest BCUT2D eigenvalue weighted by molar-refractivity contribution is 5.65. The second kappa shape index (κ2) is 4.62. The van der Waals surface area contributed by atoms with Crippen molar-refractivity contribution in [3.8, 4) is 0 Å². The van der Waals surface area contributed by atoms with Crippen LogP contribution in [0.1, 0.15) is 23.4 Å². The van der Waals surface area contributed by atoms with Crippen molar-refractivity contribution in [1.29, 1.82) is 0 Å². The van der Waals surface area contributed by atoms with Crippen LogP contribution in [0.15, 0.2) is 24.8 Å². The van der Waals surface area contributed by atoms with E-state index in [2.05, 4.69) is 48.6 Å². The molecule has 0 aliphatic carbocycles. The third-order valence-corrected chi connectivity index (χ3v) is 2.94. The quantitative estimate of drug-likeness (QED) is 0.752. The summed E-state index contributed by atoms with van der Waals surface area (Å²) in [4.78, 5) is 6.91. The second-order valence-corrected chi connectivity index (χ2v) is 4.40. The number of hydrogen-bond donors (Lipinski definition) is 0. The molecule has 16 heavy (non-hydrogen) atoms. The lowest BCUT2D eigenvalue weighted by Crippen LogP contribution is -2.23. The predicted molar refractivity (Wildman–Crippen MR) is 69.2 cm³/mol. The van der Waals surface area contributed by atoms with E-state index in [1.165, 1.54) is 11.1 Å². The van der Waals surface area contributed by atoms with E-state index >= 15 is 0 Å². The number of hydrogen-bond acceptors (Lipinski definition) is 2. The van der Waals surface area contributed by atoms with Crippen LogP contribution in [0.25, 0.3) is 11.6 Å².